The van der Waals surface area contributed by atoms with Crippen LogP contribution in [0.4, 0.5) is 14.5 Å². The number of anilines is 1. The molecule has 0 radical (unpaired) electrons. The van der Waals surface area contributed by atoms with Gasteiger partial charge in [-0.15, -0.1) is 0 Å². The van der Waals surface area contributed by atoms with Gasteiger partial charge in [-0.1, -0.05) is 36.0 Å². The second-order valence-corrected chi connectivity index (χ2v) is 8.95. The Hall–Kier alpha value is -3.52. The second-order valence-electron chi connectivity index (χ2n) is 7.64. The molecule has 1 N–H and O–H groups in total. The summed E-state index contributed by atoms with van der Waals surface area (Å²) in [4.78, 5) is 30.9. The summed E-state index contributed by atoms with van der Waals surface area (Å²) >= 11 is 1.09. The van der Waals surface area contributed by atoms with Gasteiger partial charge in [0.15, 0.2) is 5.16 Å². The van der Waals surface area contributed by atoms with E-state index in [1.807, 2.05) is 32.0 Å². The number of carbonyl (C=O) groups is 1. The van der Waals surface area contributed by atoms with E-state index in [9.17, 15) is 18.4 Å². The molecule has 1 aromatic heterocycles. The van der Waals surface area contributed by atoms with Crippen LogP contribution < -0.4 is 10.9 Å². The maximum absolute atomic E-state index is 14.0. The van der Waals surface area contributed by atoms with Gasteiger partial charge in [0.05, 0.1) is 27.5 Å². The van der Waals surface area contributed by atoms with Crippen LogP contribution in [0, 0.1) is 25.5 Å². The smallest absolute Gasteiger partial charge is 0.266 e. The average Bonchev–Trinajstić information content (AvgIpc) is 2.78. The fourth-order valence-corrected chi connectivity index (χ4v) is 4.34. The minimum absolute atomic E-state index is 0.118. The molecule has 0 bridgehead atoms. The van der Waals surface area contributed by atoms with Gasteiger partial charge >= 0.3 is 0 Å². The third-order valence-corrected chi connectivity index (χ3v) is 6.45. The number of halogens is 2. The van der Waals surface area contributed by atoms with Crippen molar-refractivity contribution in [2.45, 2.75) is 31.2 Å². The molecule has 0 aliphatic heterocycles. The third kappa shape index (κ3) is 4.52. The molecule has 3 aromatic carbocycles. The van der Waals surface area contributed by atoms with Crippen LogP contribution in [0.25, 0.3) is 16.6 Å². The molecule has 8 heteroatoms. The highest BCUT2D eigenvalue weighted by Crippen LogP contribution is 2.28. The number of aryl methyl sites for hydroxylation is 1. The number of hydrogen-bond acceptors (Lipinski definition) is 4. The van der Waals surface area contributed by atoms with Crippen LogP contribution in [-0.2, 0) is 4.79 Å². The number of thioether (sulfide) groups is 1. The molecule has 1 heterocycles. The van der Waals surface area contributed by atoms with Crippen LogP contribution >= 0.6 is 11.8 Å². The maximum Gasteiger partial charge on any atom is 0.266 e. The number of nitrogens with zero attached hydrogens (tertiary/aromatic N) is 2. The summed E-state index contributed by atoms with van der Waals surface area (Å²) in [6.45, 7) is 5.52. The van der Waals surface area contributed by atoms with Gasteiger partial charge in [0.1, 0.15) is 11.6 Å². The summed E-state index contributed by atoms with van der Waals surface area (Å²) in [5, 5.41) is 2.56. The largest absolute Gasteiger partial charge is 0.323 e. The van der Waals surface area contributed by atoms with Crippen molar-refractivity contribution in [2.75, 3.05) is 5.32 Å². The SMILES string of the molecule is Cc1cccc(-n2c(SC(C)C(=O)Nc3ccc(F)cc3F)nc3ccccc3c2=O)c1C. The fraction of sp³-hybridized carbons (Fsp3) is 0.160. The number of carbonyl (C=O) groups excluding carboxylic acids is 1. The number of amides is 1. The Morgan fingerprint density at radius 1 is 1.06 bits per heavy atom. The van der Waals surface area contributed by atoms with Gasteiger partial charge in [-0.25, -0.2) is 13.8 Å². The summed E-state index contributed by atoms with van der Waals surface area (Å²) < 4.78 is 28.7. The van der Waals surface area contributed by atoms with E-state index >= 15 is 0 Å². The summed E-state index contributed by atoms with van der Waals surface area (Å²) in [5.41, 5.74) is 2.77. The number of fused-ring (bicyclic) bond motifs is 1. The molecular weight excluding hydrogens is 444 g/mol. The Kier molecular flexibility index (Phi) is 6.29. The van der Waals surface area contributed by atoms with Gasteiger partial charge in [0.2, 0.25) is 5.91 Å². The van der Waals surface area contributed by atoms with Crippen molar-refractivity contribution in [1.82, 2.24) is 9.55 Å². The van der Waals surface area contributed by atoms with E-state index < -0.39 is 22.8 Å². The van der Waals surface area contributed by atoms with E-state index in [4.69, 9.17) is 0 Å². The van der Waals surface area contributed by atoms with E-state index in [0.29, 0.717) is 27.8 Å². The number of hydrogen-bond donors (Lipinski definition) is 1. The van der Waals surface area contributed by atoms with E-state index in [2.05, 4.69) is 10.3 Å². The quantitative estimate of drug-likeness (QED) is 0.317. The highest BCUT2D eigenvalue weighted by atomic mass is 32.2. The van der Waals surface area contributed by atoms with E-state index in [1.54, 1.807) is 31.2 Å². The molecular formula is C25H21F2N3O2S. The van der Waals surface area contributed by atoms with Gasteiger partial charge in [-0.05, 0) is 62.2 Å². The van der Waals surface area contributed by atoms with Gasteiger partial charge < -0.3 is 5.32 Å². The molecule has 0 aliphatic rings. The number of benzene rings is 3. The van der Waals surface area contributed by atoms with Gasteiger partial charge in [0.25, 0.3) is 5.56 Å². The highest BCUT2D eigenvalue weighted by Gasteiger charge is 2.22. The normalized spacial score (nSPS) is 12.0. The Morgan fingerprint density at radius 2 is 1.82 bits per heavy atom. The van der Waals surface area contributed by atoms with Crippen LogP contribution in [0.2, 0.25) is 0 Å². The number of aromatic nitrogens is 2. The Bertz CT molecular complexity index is 1440. The third-order valence-electron chi connectivity index (χ3n) is 5.40. The first-order chi connectivity index (χ1) is 15.8. The molecule has 168 valence electrons. The minimum atomic E-state index is -0.864. The zero-order valence-corrected chi connectivity index (χ0v) is 19.0. The van der Waals surface area contributed by atoms with Crippen LogP contribution in [0.1, 0.15) is 18.1 Å². The van der Waals surface area contributed by atoms with E-state index in [1.165, 1.54) is 10.6 Å². The molecule has 0 saturated heterocycles. The van der Waals surface area contributed by atoms with Crippen LogP contribution in [0.3, 0.4) is 0 Å². The molecule has 1 unspecified atom stereocenters. The van der Waals surface area contributed by atoms with E-state index in [0.717, 1.165) is 29.0 Å². The predicted octanol–water partition coefficient (Wildman–Crippen LogP) is 5.40. The van der Waals surface area contributed by atoms with Crippen molar-refractivity contribution < 1.29 is 13.6 Å². The second kappa shape index (κ2) is 9.15. The molecule has 4 aromatic rings. The van der Waals surface area contributed by atoms with Crippen LogP contribution in [-0.4, -0.2) is 20.7 Å². The molecule has 4 rings (SSSR count). The van der Waals surface area contributed by atoms with Gasteiger partial charge in [0, 0.05) is 6.07 Å². The number of nitrogens with one attached hydrogen (secondary N) is 1. The summed E-state index contributed by atoms with van der Waals surface area (Å²) in [7, 11) is 0. The molecule has 0 fully saturated rings. The van der Waals surface area contributed by atoms with Crippen molar-refractivity contribution >= 4 is 34.3 Å². The van der Waals surface area contributed by atoms with Crippen LogP contribution in [0.15, 0.2) is 70.6 Å². The molecule has 5 nitrogen and oxygen atoms in total. The van der Waals surface area contributed by atoms with Crippen molar-refractivity contribution in [3.05, 3.63) is 93.8 Å². The highest BCUT2D eigenvalue weighted by molar-refractivity contribution is 8.00. The lowest BCUT2D eigenvalue weighted by Gasteiger charge is -2.18. The fourth-order valence-electron chi connectivity index (χ4n) is 3.42. The topological polar surface area (TPSA) is 64.0 Å². The molecule has 33 heavy (non-hydrogen) atoms. The summed E-state index contributed by atoms with van der Waals surface area (Å²) in [6.07, 6.45) is 0. The average molecular weight is 466 g/mol. The lowest BCUT2D eigenvalue weighted by Crippen LogP contribution is -2.27. The van der Waals surface area contributed by atoms with Crippen molar-refractivity contribution in [1.29, 1.82) is 0 Å². The lowest BCUT2D eigenvalue weighted by atomic mass is 10.1. The first-order valence-electron chi connectivity index (χ1n) is 10.3. The monoisotopic (exact) mass is 465 g/mol. The van der Waals surface area contributed by atoms with Crippen molar-refractivity contribution in [2.24, 2.45) is 0 Å². The minimum Gasteiger partial charge on any atom is -0.323 e. The number of rotatable bonds is 5. The first-order valence-corrected chi connectivity index (χ1v) is 11.1. The van der Waals surface area contributed by atoms with Gasteiger partial charge in [-0.3, -0.25) is 14.2 Å². The molecule has 0 aliphatic carbocycles. The Balaban J connectivity index is 1.75. The summed E-state index contributed by atoms with van der Waals surface area (Å²) in [6, 6.07) is 15.6. The number of para-hydroxylation sites is 1. The molecule has 0 saturated carbocycles. The predicted molar refractivity (Wildman–Crippen MR) is 127 cm³/mol. The zero-order chi connectivity index (χ0) is 23.7. The Labute approximate surface area is 193 Å². The zero-order valence-electron chi connectivity index (χ0n) is 18.2. The van der Waals surface area contributed by atoms with Crippen molar-refractivity contribution in [3.63, 3.8) is 0 Å². The van der Waals surface area contributed by atoms with Crippen molar-refractivity contribution in [3.8, 4) is 5.69 Å². The van der Waals surface area contributed by atoms with Gasteiger partial charge in [-0.2, -0.15) is 0 Å². The maximum atomic E-state index is 14.0. The first kappa shape index (κ1) is 22.7. The molecule has 1 amide bonds. The summed E-state index contributed by atoms with van der Waals surface area (Å²) in [5.74, 6) is -2.09. The Morgan fingerprint density at radius 3 is 2.58 bits per heavy atom. The van der Waals surface area contributed by atoms with E-state index in [-0.39, 0.29) is 11.2 Å². The molecule has 1 atom stereocenters. The standard InChI is InChI=1S/C25H21F2N3O2S/c1-14-7-6-10-22(15(14)2)30-24(32)18-8-4-5-9-20(18)29-25(30)33-16(3)23(31)28-21-12-11-17(26)13-19(21)27/h4-13,16H,1-3H3,(H,28,31). The lowest BCUT2D eigenvalue weighted by molar-refractivity contribution is -0.115. The van der Waals surface area contributed by atoms with Crippen LogP contribution in [0.5, 0.6) is 0 Å². The molecule has 0 spiro atoms.